The predicted octanol–water partition coefficient (Wildman–Crippen LogP) is -0.255. The Morgan fingerprint density at radius 3 is 2.24 bits per heavy atom. The van der Waals surface area contributed by atoms with Gasteiger partial charge in [0.25, 0.3) is 5.91 Å². The van der Waals surface area contributed by atoms with E-state index in [1.54, 1.807) is 25.1 Å². The maximum atomic E-state index is 13.0. The Morgan fingerprint density at radius 2 is 1.66 bits per heavy atom. The molecule has 154 valence electrons. The van der Waals surface area contributed by atoms with Gasteiger partial charge in [0.05, 0.1) is 23.0 Å². The fourth-order valence-electron chi connectivity index (χ4n) is 3.39. The van der Waals surface area contributed by atoms with Crippen molar-refractivity contribution in [2.24, 2.45) is 0 Å². The van der Waals surface area contributed by atoms with Crippen LogP contribution in [0.5, 0.6) is 11.5 Å². The summed E-state index contributed by atoms with van der Waals surface area (Å²) >= 11 is 0. The van der Waals surface area contributed by atoms with Gasteiger partial charge in [-0.1, -0.05) is 12.1 Å². The van der Waals surface area contributed by atoms with Gasteiger partial charge >= 0.3 is 5.85 Å². The molecular weight excluding hydrogens is 404 g/mol. The number of hydrogen-bond donors (Lipinski definition) is 1. The first-order valence-corrected chi connectivity index (χ1v) is 9.66. The molecule has 2 aromatic carbocycles. The first kappa shape index (κ1) is 20.9. The number of para-hydroxylation sites is 2. The Labute approximate surface area is 169 Å². The Balaban J connectivity index is 2.26. The fraction of sp³-hybridized carbons (Fsp3) is 0.211. The number of carbonyl (C=O) groups is 1. The lowest BCUT2D eigenvalue weighted by atomic mass is 10.1. The number of anilines is 2. The molecule has 0 saturated carbocycles. The van der Waals surface area contributed by atoms with Gasteiger partial charge in [-0.05, 0) is 43.3 Å². The second-order valence-corrected chi connectivity index (χ2v) is 7.28. The SMILES string of the molecule is COc1ccccc1N1C(=O)C=C(C)N(c2ccc(O)cc2)C1(C)O[Cl+3]([O-])([O-])[O-]. The molecule has 0 fully saturated rings. The molecule has 0 saturated heterocycles. The number of nitrogens with zero attached hydrogens (tertiary/aromatic N) is 2. The van der Waals surface area contributed by atoms with Crippen molar-refractivity contribution in [2.75, 3.05) is 16.9 Å². The minimum absolute atomic E-state index is 0.0118. The van der Waals surface area contributed by atoms with Crippen LogP contribution in [0.25, 0.3) is 0 Å². The van der Waals surface area contributed by atoms with Crippen LogP contribution < -0.4 is 28.5 Å². The van der Waals surface area contributed by atoms with Crippen molar-refractivity contribution >= 4 is 17.3 Å². The number of amides is 1. The third-order valence-electron chi connectivity index (χ3n) is 4.41. The molecular formula is C19H19ClN2O7. The third-order valence-corrected chi connectivity index (χ3v) is 4.89. The van der Waals surface area contributed by atoms with Gasteiger partial charge in [0.15, 0.2) is 0 Å². The number of phenolic OH excluding ortho intramolecular Hbond substituents is 1. The number of carbonyl (C=O) groups excluding carboxylic acids is 1. The minimum atomic E-state index is -4.93. The van der Waals surface area contributed by atoms with Gasteiger partial charge < -0.3 is 9.84 Å². The summed E-state index contributed by atoms with van der Waals surface area (Å²) in [7, 11) is -3.53. The van der Waals surface area contributed by atoms with E-state index in [2.05, 4.69) is 0 Å². The molecule has 0 radical (unpaired) electrons. The topological polar surface area (TPSA) is 131 Å². The molecule has 10 heteroatoms. The van der Waals surface area contributed by atoms with Crippen LogP contribution >= 0.6 is 0 Å². The number of hydrogen-bond acceptors (Lipinski definition) is 8. The summed E-state index contributed by atoms with van der Waals surface area (Å²) in [5.41, 5.74) is 0.910. The highest BCUT2D eigenvalue weighted by Gasteiger charge is 2.58. The highest BCUT2D eigenvalue weighted by atomic mass is 35.7. The molecule has 2 aromatic rings. The standard InChI is InChI=1S/C19H19ClN2O7/c1-13-12-18(24)22(16-6-4-5-7-17(16)28-3)19(2,29-20(25,26)27)21(13)14-8-10-15(23)11-9-14/h4-12,23H,1-3H3. The molecule has 1 amide bonds. The lowest BCUT2D eigenvalue weighted by molar-refractivity contribution is -1.92. The molecule has 9 nitrogen and oxygen atoms in total. The first-order valence-electron chi connectivity index (χ1n) is 8.43. The predicted molar refractivity (Wildman–Crippen MR) is 94.3 cm³/mol. The van der Waals surface area contributed by atoms with Crippen LogP contribution in [0.15, 0.2) is 60.3 Å². The molecule has 0 aliphatic carbocycles. The van der Waals surface area contributed by atoms with Crippen LogP contribution in [0.3, 0.4) is 0 Å². The van der Waals surface area contributed by atoms with Crippen molar-refractivity contribution in [1.29, 1.82) is 0 Å². The molecule has 1 atom stereocenters. The molecule has 1 aliphatic heterocycles. The van der Waals surface area contributed by atoms with E-state index in [9.17, 15) is 23.9 Å². The summed E-state index contributed by atoms with van der Waals surface area (Å²) in [6, 6.07) is 12.2. The van der Waals surface area contributed by atoms with E-state index in [-0.39, 0.29) is 17.2 Å². The first-order chi connectivity index (χ1) is 13.6. The van der Waals surface area contributed by atoms with Gasteiger partial charge in [0, 0.05) is 24.4 Å². The van der Waals surface area contributed by atoms with Gasteiger partial charge in [-0.15, -0.1) is 0 Å². The van der Waals surface area contributed by atoms with Crippen molar-refractivity contribution in [1.82, 2.24) is 0 Å². The van der Waals surface area contributed by atoms with Crippen molar-refractivity contribution < 1.29 is 43.1 Å². The number of methoxy groups -OCH3 is 1. The zero-order valence-electron chi connectivity index (χ0n) is 15.9. The molecule has 1 unspecified atom stereocenters. The molecule has 0 bridgehead atoms. The van der Waals surface area contributed by atoms with Crippen LogP contribution in [-0.4, -0.2) is 24.0 Å². The van der Waals surface area contributed by atoms with E-state index < -0.39 is 22.0 Å². The number of rotatable bonds is 5. The number of ether oxygens (including phenoxy) is 1. The van der Waals surface area contributed by atoms with E-state index >= 15 is 0 Å². The Bertz CT molecular complexity index is 942. The number of halogens is 1. The number of allylic oxidation sites excluding steroid dienone is 1. The fourth-order valence-corrected chi connectivity index (χ4v) is 3.89. The van der Waals surface area contributed by atoms with Crippen LogP contribution in [-0.2, 0) is 9.08 Å². The quantitative estimate of drug-likeness (QED) is 0.697. The highest BCUT2D eigenvalue weighted by molar-refractivity contribution is 6.06. The number of aromatic hydroxyl groups is 1. The highest BCUT2D eigenvalue weighted by Crippen LogP contribution is 2.42. The van der Waals surface area contributed by atoms with E-state index in [1.165, 1.54) is 55.3 Å². The van der Waals surface area contributed by atoms with Gasteiger partial charge in [0.1, 0.15) is 15.8 Å². The van der Waals surface area contributed by atoms with Crippen molar-refractivity contribution in [3.05, 3.63) is 60.3 Å². The molecule has 1 aliphatic rings. The van der Waals surface area contributed by atoms with Gasteiger partial charge in [-0.2, -0.15) is 14.0 Å². The summed E-state index contributed by atoms with van der Waals surface area (Å²) in [6.45, 7) is 2.85. The van der Waals surface area contributed by atoms with E-state index in [0.717, 1.165) is 4.90 Å². The Kier molecular flexibility index (Phi) is 5.44. The average molecular weight is 423 g/mol. The normalized spacial score (nSPS) is 19.9. The van der Waals surface area contributed by atoms with Crippen LogP contribution in [0.1, 0.15) is 13.8 Å². The van der Waals surface area contributed by atoms with Crippen molar-refractivity contribution in [3.63, 3.8) is 0 Å². The lowest BCUT2D eigenvalue weighted by Crippen LogP contribution is -2.73. The smallest absolute Gasteiger partial charge is 0.383 e. The Morgan fingerprint density at radius 1 is 1.03 bits per heavy atom. The second kappa shape index (κ2) is 7.54. The summed E-state index contributed by atoms with van der Waals surface area (Å²) in [4.78, 5) is 15.3. The maximum Gasteiger partial charge on any atom is 0.383 e. The van der Waals surface area contributed by atoms with E-state index in [1.807, 2.05) is 0 Å². The van der Waals surface area contributed by atoms with Gasteiger partial charge in [0.2, 0.25) is 0 Å². The zero-order valence-corrected chi connectivity index (χ0v) is 16.6. The van der Waals surface area contributed by atoms with Crippen molar-refractivity contribution in [2.45, 2.75) is 19.7 Å². The van der Waals surface area contributed by atoms with Gasteiger partial charge in [-0.3, -0.25) is 9.69 Å². The van der Waals surface area contributed by atoms with Gasteiger partial charge in [-0.25, -0.2) is 4.90 Å². The monoisotopic (exact) mass is 422 g/mol. The third kappa shape index (κ3) is 4.00. The largest absolute Gasteiger partial charge is 0.508 e. The summed E-state index contributed by atoms with van der Waals surface area (Å²) in [6.07, 6.45) is 1.28. The number of benzene rings is 2. The van der Waals surface area contributed by atoms with E-state index in [4.69, 9.17) is 9.03 Å². The molecule has 0 spiro atoms. The van der Waals surface area contributed by atoms with E-state index in [0.29, 0.717) is 11.4 Å². The molecule has 1 heterocycles. The van der Waals surface area contributed by atoms with Crippen LogP contribution in [0, 0.1) is 10.2 Å². The molecule has 0 aromatic heterocycles. The molecule has 3 rings (SSSR count). The van der Waals surface area contributed by atoms with Crippen molar-refractivity contribution in [3.8, 4) is 11.5 Å². The summed E-state index contributed by atoms with van der Waals surface area (Å²) < 4.78 is 45.1. The molecule has 1 N–H and O–H groups in total. The molecule has 29 heavy (non-hydrogen) atoms. The number of phenols is 1. The lowest BCUT2D eigenvalue weighted by Gasteiger charge is -2.46. The van der Waals surface area contributed by atoms with Crippen LogP contribution in [0.2, 0.25) is 0 Å². The minimum Gasteiger partial charge on any atom is -0.508 e. The summed E-state index contributed by atoms with van der Waals surface area (Å²) in [5.74, 6) is -2.44. The second-order valence-electron chi connectivity index (χ2n) is 6.37. The Hall–Kier alpha value is -2.82. The summed E-state index contributed by atoms with van der Waals surface area (Å²) in [5, 5.41) is 9.59. The van der Waals surface area contributed by atoms with Crippen LogP contribution in [0.4, 0.5) is 11.4 Å². The maximum absolute atomic E-state index is 13.0. The average Bonchev–Trinajstić information content (AvgIpc) is 2.61. The zero-order chi connectivity index (χ0) is 21.4.